The molecular formula is C25H20N3O4-. The summed E-state index contributed by atoms with van der Waals surface area (Å²) in [5.74, 6) is -1.49. The molecule has 160 valence electrons. The van der Waals surface area contributed by atoms with Crippen LogP contribution in [-0.2, 0) is 0 Å². The van der Waals surface area contributed by atoms with Crippen molar-refractivity contribution in [1.82, 2.24) is 4.57 Å². The van der Waals surface area contributed by atoms with Gasteiger partial charge in [0, 0.05) is 10.8 Å². The zero-order valence-electron chi connectivity index (χ0n) is 17.5. The molecule has 4 rings (SSSR count). The second-order valence-electron chi connectivity index (χ2n) is 7.43. The van der Waals surface area contributed by atoms with Crippen LogP contribution in [0.15, 0.2) is 76.6 Å². The molecule has 0 amide bonds. The van der Waals surface area contributed by atoms with E-state index in [0.29, 0.717) is 27.7 Å². The second kappa shape index (κ2) is 8.39. The number of anilines is 1. The first kappa shape index (κ1) is 20.9. The Kier molecular flexibility index (Phi) is 5.47. The molecule has 0 saturated heterocycles. The van der Waals surface area contributed by atoms with Gasteiger partial charge in [-0.25, -0.2) is 4.57 Å². The lowest BCUT2D eigenvalue weighted by molar-refractivity contribution is -0.255. The van der Waals surface area contributed by atoms with E-state index in [1.54, 1.807) is 42.5 Å². The Morgan fingerprint density at radius 1 is 1.00 bits per heavy atom. The minimum Gasteiger partial charge on any atom is -0.545 e. The van der Waals surface area contributed by atoms with E-state index >= 15 is 0 Å². The highest BCUT2D eigenvalue weighted by molar-refractivity contribution is 6.02. The highest BCUT2D eigenvalue weighted by atomic mass is 16.4. The Morgan fingerprint density at radius 3 is 2.34 bits per heavy atom. The number of aryl methyl sites for hydroxylation is 2. The molecule has 32 heavy (non-hydrogen) atoms. The number of fused-ring (bicyclic) bond motifs is 1. The Hall–Kier alpha value is -4.39. The van der Waals surface area contributed by atoms with E-state index in [9.17, 15) is 19.8 Å². The van der Waals surface area contributed by atoms with Crippen LogP contribution in [-0.4, -0.2) is 21.9 Å². The van der Waals surface area contributed by atoms with Gasteiger partial charge in [-0.2, -0.15) is 5.10 Å². The van der Waals surface area contributed by atoms with E-state index in [1.807, 2.05) is 26.0 Å². The van der Waals surface area contributed by atoms with Crippen LogP contribution in [0.4, 0.5) is 5.69 Å². The van der Waals surface area contributed by atoms with Crippen LogP contribution < -0.4 is 16.1 Å². The van der Waals surface area contributed by atoms with Crippen LogP contribution >= 0.6 is 0 Å². The summed E-state index contributed by atoms with van der Waals surface area (Å²) in [4.78, 5) is 24.0. The maximum atomic E-state index is 13.2. The van der Waals surface area contributed by atoms with Gasteiger partial charge in [0.25, 0.3) is 5.56 Å². The topological polar surface area (TPSA) is 107 Å². The number of aromatic nitrogens is 1. The van der Waals surface area contributed by atoms with Crippen molar-refractivity contribution in [3.8, 4) is 11.6 Å². The first-order chi connectivity index (χ1) is 15.4. The maximum Gasteiger partial charge on any atom is 0.265 e. The summed E-state index contributed by atoms with van der Waals surface area (Å²) in [5, 5.41) is 27.1. The number of benzene rings is 3. The Morgan fingerprint density at radius 2 is 1.69 bits per heavy atom. The molecule has 3 aromatic carbocycles. The molecule has 0 saturated carbocycles. The van der Waals surface area contributed by atoms with E-state index in [0.717, 1.165) is 11.1 Å². The lowest BCUT2D eigenvalue weighted by atomic mass is 10.1. The van der Waals surface area contributed by atoms with Crippen molar-refractivity contribution in [2.24, 2.45) is 5.10 Å². The van der Waals surface area contributed by atoms with E-state index in [-0.39, 0.29) is 17.0 Å². The zero-order chi connectivity index (χ0) is 22.8. The predicted octanol–water partition coefficient (Wildman–Crippen LogP) is 3.12. The molecule has 1 heterocycles. The molecule has 0 atom stereocenters. The van der Waals surface area contributed by atoms with Crippen molar-refractivity contribution in [1.29, 1.82) is 0 Å². The molecule has 7 heteroatoms. The number of carboxylic acid groups (broad SMARTS) is 1. The third-order valence-electron chi connectivity index (χ3n) is 5.36. The number of hydrogen-bond acceptors (Lipinski definition) is 6. The number of aromatic hydroxyl groups is 1. The van der Waals surface area contributed by atoms with Crippen LogP contribution in [0.5, 0.6) is 5.88 Å². The van der Waals surface area contributed by atoms with E-state index in [1.165, 1.54) is 22.9 Å². The third-order valence-corrected chi connectivity index (χ3v) is 5.36. The predicted molar refractivity (Wildman–Crippen MR) is 123 cm³/mol. The fraction of sp³-hybridized carbons (Fsp3) is 0.0800. The van der Waals surface area contributed by atoms with Crippen LogP contribution in [0, 0.1) is 13.8 Å². The molecule has 0 fully saturated rings. The molecule has 2 N–H and O–H groups in total. The number of nitrogens with one attached hydrogen (secondary N) is 1. The lowest BCUT2D eigenvalue weighted by Crippen LogP contribution is -2.21. The standard InChI is InChI=1S/C25H21N3O4/c1-15-7-12-19(13-16(15)2)28-23(29)21-6-4-3-5-20(21)22(24(28)30)14-26-27-18-10-8-17(9-11-18)25(31)32/h3-14,27,30H,1-2H3,(H,31,32)/p-1/b26-14+. The normalized spacial score (nSPS) is 11.2. The van der Waals surface area contributed by atoms with Crippen LogP contribution in [0.2, 0.25) is 0 Å². The van der Waals surface area contributed by atoms with Gasteiger partial charge < -0.3 is 15.0 Å². The number of nitrogens with zero attached hydrogens (tertiary/aromatic N) is 2. The molecule has 7 nitrogen and oxygen atoms in total. The van der Waals surface area contributed by atoms with Gasteiger partial charge in [0.15, 0.2) is 0 Å². The number of carbonyl (C=O) groups excluding carboxylic acids is 1. The average molecular weight is 426 g/mol. The molecular weight excluding hydrogens is 406 g/mol. The van der Waals surface area contributed by atoms with Gasteiger partial charge in [0.2, 0.25) is 5.88 Å². The van der Waals surface area contributed by atoms with Gasteiger partial charge in [-0.15, -0.1) is 0 Å². The fourth-order valence-corrected chi connectivity index (χ4v) is 3.45. The summed E-state index contributed by atoms with van der Waals surface area (Å²) < 4.78 is 1.27. The molecule has 0 unspecified atom stereocenters. The van der Waals surface area contributed by atoms with Crippen LogP contribution in [0.25, 0.3) is 16.5 Å². The van der Waals surface area contributed by atoms with Crippen molar-refractivity contribution in [2.75, 3.05) is 5.43 Å². The van der Waals surface area contributed by atoms with Crippen molar-refractivity contribution < 1.29 is 15.0 Å². The highest BCUT2D eigenvalue weighted by Crippen LogP contribution is 2.26. The summed E-state index contributed by atoms with van der Waals surface area (Å²) in [6, 6.07) is 18.5. The quantitative estimate of drug-likeness (QED) is 0.377. The summed E-state index contributed by atoms with van der Waals surface area (Å²) in [5.41, 5.74) is 6.09. The van der Waals surface area contributed by atoms with E-state index < -0.39 is 5.97 Å². The number of hydrazone groups is 1. The summed E-state index contributed by atoms with van der Waals surface area (Å²) in [6.07, 6.45) is 1.43. The lowest BCUT2D eigenvalue weighted by Gasteiger charge is -2.14. The smallest absolute Gasteiger partial charge is 0.265 e. The summed E-state index contributed by atoms with van der Waals surface area (Å²) in [7, 11) is 0. The minimum atomic E-state index is -1.26. The highest BCUT2D eigenvalue weighted by Gasteiger charge is 2.16. The molecule has 0 bridgehead atoms. The minimum absolute atomic E-state index is 0.0589. The number of hydrogen-bond donors (Lipinski definition) is 2. The van der Waals surface area contributed by atoms with Crippen LogP contribution in [0.1, 0.15) is 27.0 Å². The average Bonchev–Trinajstić information content (AvgIpc) is 2.79. The second-order valence-corrected chi connectivity index (χ2v) is 7.43. The van der Waals surface area contributed by atoms with Crippen molar-refractivity contribution in [3.05, 3.63) is 99.3 Å². The molecule has 1 aromatic heterocycles. The van der Waals surface area contributed by atoms with Gasteiger partial charge >= 0.3 is 0 Å². The Labute approximate surface area is 183 Å². The number of carbonyl (C=O) groups is 1. The number of carboxylic acids is 1. The first-order valence-corrected chi connectivity index (χ1v) is 9.91. The van der Waals surface area contributed by atoms with Gasteiger partial charge in [-0.05, 0) is 60.9 Å². The summed E-state index contributed by atoms with van der Waals surface area (Å²) >= 11 is 0. The molecule has 0 aliphatic carbocycles. The molecule has 0 radical (unpaired) electrons. The third kappa shape index (κ3) is 3.83. The van der Waals surface area contributed by atoms with Gasteiger partial charge in [-0.1, -0.05) is 36.4 Å². The van der Waals surface area contributed by atoms with Gasteiger partial charge in [0.1, 0.15) is 0 Å². The van der Waals surface area contributed by atoms with Gasteiger partial charge in [0.05, 0.1) is 29.1 Å². The Bertz CT molecular complexity index is 1420. The van der Waals surface area contributed by atoms with Gasteiger partial charge in [-0.3, -0.25) is 10.2 Å². The summed E-state index contributed by atoms with van der Waals surface area (Å²) in [6.45, 7) is 3.92. The van der Waals surface area contributed by atoms with Crippen LogP contribution in [0.3, 0.4) is 0 Å². The van der Waals surface area contributed by atoms with Crippen molar-refractivity contribution in [3.63, 3.8) is 0 Å². The number of aromatic carboxylic acids is 1. The zero-order valence-corrected chi connectivity index (χ0v) is 17.5. The SMILES string of the molecule is Cc1ccc(-n2c(O)c(/C=N/Nc3ccc(C(=O)[O-])cc3)c3ccccc3c2=O)cc1C. The molecule has 4 aromatic rings. The monoisotopic (exact) mass is 426 g/mol. The molecule has 0 aliphatic rings. The maximum absolute atomic E-state index is 13.2. The van der Waals surface area contributed by atoms with Crippen molar-refractivity contribution >= 4 is 28.6 Å². The first-order valence-electron chi connectivity index (χ1n) is 9.91. The van der Waals surface area contributed by atoms with Crippen molar-refractivity contribution in [2.45, 2.75) is 13.8 Å². The van der Waals surface area contributed by atoms with E-state index in [2.05, 4.69) is 10.5 Å². The number of pyridine rings is 1. The number of rotatable bonds is 5. The van der Waals surface area contributed by atoms with E-state index in [4.69, 9.17) is 0 Å². The molecule has 0 aliphatic heterocycles. The largest absolute Gasteiger partial charge is 0.545 e. The molecule has 0 spiro atoms. The Balaban J connectivity index is 1.80. The fourth-order valence-electron chi connectivity index (χ4n) is 3.45.